The lowest BCUT2D eigenvalue weighted by Gasteiger charge is -2.09. The summed E-state index contributed by atoms with van der Waals surface area (Å²) >= 11 is 0. The molecule has 10 heteroatoms. The van der Waals surface area contributed by atoms with Crippen LogP contribution in [0.1, 0.15) is 44.9 Å². The molecule has 0 aliphatic rings. The fourth-order valence-corrected chi connectivity index (χ4v) is 3.03. The van der Waals surface area contributed by atoms with Crippen LogP contribution in [0.2, 0.25) is 0 Å². The summed E-state index contributed by atoms with van der Waals surface area (Å²) in [5, 5.41) is 10.9. The third-order valence-electron chi connectivity index (χ3n) is 4.90. The van der Waals surface area contributed by atoms with Crippen LogP contribution in [0, 0.1) is 13.8 Å². The highest BCUT2D eigenvalue weighted by Gasteiger charge is 2.22. The Kier molecular flexibility index (Phi) is 5.12. The zero-order valence-corrected chi connectivity index (χ0v) is 17.2. The minimum Gasteiger partial charge on any atom is -0.456 e. The first kappa shape index (κ1) is 20.1. The lowest BCUT2D eigenvalue weighted by atomic mass is 10.0. The van der Waals surface area contributed by atoms with Crippen molar-refractivity contribution in [3.63, 3.8) is 0 Å². The molecule has 4 rings (SSSR count). The number of carbonyl (C=O) groups excluding carboxylic acids is 2. The second kappa shape index (κ2) is 7.90. The molecule has 0 saturated carbocycles. The lowest BCUT2D eigenvalue weighted by Crippen LogP contribution is -2.14. The number of aryl methyl sites for hydroxylation is 1. The van der Waals surface area contributed by atoms with Gasteiger partial charge in [-0.2, -0.15) is 9.90 Å². The summed E-state index contributed by atoms with van der Waals surface area (Å²) in [6.07, 6.45) is 2.59. The highest BCUT2D eigenvalue weighted by atomic mass is 16.4. The number of ketones is 1. The molecule has 31 heavy (non-hydrogen) atoms. The number of hydrogen-bond donors (Lipinski definition) is 2. The highest BCUT2D eigenvalue weighted by molar-refractivity contribution is 6.06. The van der Waals surface area contributed by atoms with Crippen LogP contribution in [0.5, 0.6) is 0 Å². The number of furan rings is 1. The number of aromatic nitrogens is 4. The Balaban J connectivity index is 1.51. The van der Waals surface area contributed by atoms with Crippen LogP contribution in [0.25, 0.3) is 11.3 Å². The predicted molar refractivity (Wildman–Crippen MR) is 112 cm³/mol. The predicted octanol–water partition coefficient (Wildman–Crippen LogP) is 3.23. The maximum atomic E-state index is 12.8. The van der Waals surface area contributed by atoms with E-state index in [1.165, 1.54) is 24.3 Å². The van der Waals surface area contributed by atoms with Crippen molar-refractivity contribution in [2.45, 2.75) is 27.3 Å². The van der Waals surface area contributed by atoms with Gasteiger partial charge in [0.15, 0.2) is 35.2 Å². The fraction of sp³-hybridized carbons (Fsp3) is 0.190. The third-order valence-corrected chi connectivity index (χ3v) is 4.90. The Hall–Kier alpha value is -4.21. The first-order chi connectivity index (χ1) is 14.8. The summed E-state index contributed by atoms with van der Waals surface area (Å²) in [5.74, 6) is 0.608. The molecule has 3 N–H and O–H groups in total. The second-order valence-corrected chi connectivity index (χ2v) is 7.04. The first-order valence-corrected chi connectivity index (χ1v) is 9.44. The average Bonchev–Trinajstić information content (AvgIpc) is 3.48. The number of nitrogens with one attached hydrogen (secondary N) is 1. The van der Waals surface area contributed by atoms with Gasteiger partial charge in [0.25, 0.3) is 5.91 Å². The van der Waals surface area contributed by atoms with Crippen molar-refractivity contribution in [1.82, 2.24) is 20.0 Å². The van der Waals surface area contributed by atoms with Gasteiger partial charge in [-0.25, -0.2) is 4.98 Å². The Morgan fingerprint density at radius 2 is 2.00 bits per heavy atom. The normalized spacial score (nSPS) is 10.9. The molecule has 158 valence electrons. The molecule has 10 nitrogen and oxygen atoms in total. The van der Waals surface area contributed by atoms with Crippen molar-refractivity contribution in [3.8, 4) is 11.3 Å². The maximum absolute atomic E-state index is 12.8. The summed E-state index contributed by atoms with van der Waals surface area (Å²) in [6, 6.07) is 6.97. The van der Waals surface area contributed by atoms with Crippen molar-refractivity contribution in [2.24, 2.45) is 0 Å². The van der Waals surface area contributed by atoms with E-state index in [1.54, 1.807) is 18.2 Å². The van der Waals surface area contributed by atoms with Crippen molar-refractivity contribution >= 4 is 23.2 Å². The number of rotatable bonds is 6. The number of oxazole rings is 1. The largest absolute Gasteiger partial charge is 0.456 e. The number of nitrogens with zero attached hydrogens (tertiary/aromatic N) is 4. The minimum absolute atomic E-state index is 0.0848. The van der Waals surface area contributed by atoms with E-state index in [9.17, 15) is 9.59 Å². The van der Waals surface area contributed by atoms with Crippen LogP contribution < -0.4 is 11.1 Å². The second-order valence-electron chi connectivity index (χ2n) is 7.04. The minimum atomic E-state index is -0.509. The van der Waals surface area contributed by atoms with Crippen LogP contribution >= 0.6 is 0 Å². The topological polar surface area (TPSA) is 142 Å². The van der Waals surface area contributed by atoms with Gasteiger partial charge in [-0.05, 0) is 43.2 Å². The number of nitrogen functional groups attached to an aromatic ring is 1. The molecular weight excluding hydrogens is 400 g/mol. The van der Waals surface area contributed by atoms with Gasteiger partial charge in [0.2, 0.25) is 0 Å². The van der Waals surface area contributed by atoms with Crippen molar-refractivity contribution < 1.29 is 18.4 Å². The average molecular weight is 420 g/mol. The number of benzene rings is 1. The number of nitrogens with two attached hydrogens (primary N) is 1. The van der Waals surface area contributed by atoms with E-state index in [2.05, 4.69) is 20.5 Å². The highest BCUT2D eigenvalue weighted by Crippen LogP contribution is 2.32. The Morgan fingerprint density at radius 3 is 2.74 bits per heavy atom. The van der Waals surface area contributed by atoms with Gasteiger partial charge in [0.1, 0.15) is 12.3 Å². The Morgan fingerprint density at radius 1 is 1.19 bits per heavy atom. The van der Waals surface area contributed by atoms with E-state index in [0.717, 1.165) is 11.1 Å². The zero-order chi connectivity index (χ0) is 22.1. The number of carbonyl (C=O) groups is 2. The number of amides is 1. The molecule has 0 radical (unpaired) electrons. The van der Waals surface area contributed by atoms with Crippen LogP contribution in [-0.2, 0) is 6.54 Å². The number of Topliss-reactive ketones (excluding diaryl/α,β-unsaturated/α-hetero) is 1. The molecule has 0 spiro atoms. The molecule has 0 aliphatic heterocycles. The van der Waals surface area contributed by atoms with Gasteiger partial charge in [0.05, 0.1) is 6.20 Å². The molecule has 0 unspecified atom stereocenters. The number of anilines is 2. The maximum Gasteiger partial charge on any atom is 0.279 e. The third kappa shape index (κ3) is 3.95. The molecule has 0 fully saturated rings. The van der Waals surface area contributed by atoms with E-state index < -0.39 is 5.91 Å². The van der Waals surface area contributed by atoms with Crippen LogP contribution in [-0.4, -0.2) is 31.7 Å². The fourth-order valence-electron chi connectivity index (χ4n) is 3.03. The van der Waals surface area contributed by atoms with Crippen LogP contribution in [0.3, 0.4) is 0 Å². The molecule has 0 saturated heterocycles. The molecule has 1 amide bonds. The van der Waals surface area contributed by atoms with Gasteiger partial charge in [-0.3, -0.25) is 9.59 Å². The summed E-state index contributed by atoms with van der Waals surface area (Å²) in [5.41, 5.74) is 9.37. The summed E-state index contributed by atoms with van der Waals surface area (Å²) in [7, 11) is 0. The first-order valence-electron chi connectivity index (χ1n) is 9.44. The van der Waals surface area contributed by atoms with Gasteiger partial charge in [-0.15, -0.1) is 5.10 Å². The molecular formula is C21H20N6O4. The molecule has 0 atom stereocenters. The quantitative estimate of drug-likeness (QED) is 0.358. The van der Waals surface area contributed by atoms with Gasteiger partial charge >= 0.3 is 0 Å². The number of hydrogen-bond acceptors (Lipinski definition) is 8. The smallest absolute Gasteiger partial charge is 0.279 e. The molecule has 0 aliphatic carbocycles. The van der Waals surface area contributed by atoms with E-state index in [0.29, 0.717) is 17.0 Å². The Labute approximate surface area is 177 Å². The van der Waals surface area contributed by atoms with E-state index >= 15 is 0 Å². The zero-order valence-electron chi connectivity index (χ0n) is 17.2. The standard InChI is InChI=1S/C21H20N6O4/c1-11-4-6-15(18(22)12(11)2)20-19(23-10-30-20)21(29)25-17-8-24-27(26-17)9-14-5-7-16(31-14)13(3)28/h4-8,10H,9,22H2,1-3H3,(H,25,26,29). The van der Waals surface area contributed by atoms with Crippen molar-refractivity contribution in [2.75, 3.05) is 11.1 Å². The van der Waals surface area contributed by atoms with E-state index in [1.807, 2.05) is 19.9 Å². The molecule has 3 heterocycles. The molecule has 3 aromatic heterocycles. The summed E-state index contributed by atoms with van der Waals surface area (Å²) < 4.78 is 10.9. The summed E-state index contributed by atoms with van der Waals surface area (Å²) in [4.78, 5) is 29.5. The van der Waals surface area contributed by atoms with E-state index in [-0.39, 0.29) is 35.4 Å². The summed E-state index contributed by atoms with van der Waals surface area (Å²) in [6.45, 7) is 5.49. The van der Waals surface area contributed by atoms with E-state index in [4.69, 9.17) is 14.6 Å². The van der Waals surface area contributed by atoms with Crippen LogP contribution in [0.4, 0.5) is 11.5 Å². The van der Waals surface area contributed by atoms with Crippen molar-refractivity contribution in [3.05, 3.63) is 65.2 Å². The van der Waals surface area contributed by atoms with Crippen molar-refractivity contribution in [1.29, 1.82) is 0 Å². The van der Waals surface area contributed by atoms with Gasteiger partial charge in [-0.1, -0.05) is 6.07 Å². The molecule has 0 bridgehead atoms. The van der Waals surface area contributed by atoms with Gasteiger partial charge in [0, 0.05) is 18.2 Å². The SMILES string of the molecule is CC(=O)c1ccc(Cn2ncc(NC(=O)c3ncoc3-c3ccc(C)c(C)c3N)n2)o1. The lowest BCUT2D eigenvalue weighted by molar-refractivity contribution is 0.0983. The monoisotopic (exact) mass is 420 g/mol. The molecule has 1 aromatic carbocycles. The van der Waals surface area contributed by atoms with Gasteiger partial charge < -0.3 is 19.9 Å². The molecule has 4 aromatic rings. The Bertz CT molecular complexity index is 1280. The van der Waals surface area contributed by atoms with Crippen LogP contribution in [0.15, 0.2) is 45.7 Å².